The van der Waals surface area contributed by atoms with E-state index in [2.05, 4.69) is 10.6 Å². The van der Waals surface area contributed by atoms with E-state index < -0.39 is 47.5 Å². The summed E-state index contributed by atoms with van der Waals surface area (Å²) >= 11 is 0. The molecule has 10 nitrogen and oxygen atoms in total. The highest BCUT2D eigenvalue weighted by molar-refractivity contribution is 5.94. The second-order valence-corrected chi connectivity index (χ2v) is 14.3. The molecular formula is C36H53FN4O6. The third-order valence-corrected chi connectivity index (χ3v) is 7.73. The smallest absolute Gasteiger partial charge is 0.410 e. The second kappa shape index (κ2) is 16.1. The van der Waals surface area contributed by atoms with Crippen LogP contribution in [-0.2, 0) is 37.4 Å². The number of hydrogen-bond donors (Lipinski definition) is 3. The highest BCUT2D eigenvalue weighted by Gasteiger charge is 2.38. The number of phenols is 1. The molecule has 2 aromatic carbocycles. The predicted molar refractivity (Wildman–Crippen MR) is 180 cm³/mol. The Morgan fingerprint density at radius 1 is 0.872 bits per heavy atom. The highest BCUT2D eigenvalue weighted by Crippen LogP contribution is 2.31. The molecule has 0 unspecified atom stereocenters. The van der Waals surface area contributed by atoms with E-state index >= 15 is 0 Å². The van der Waals surface area contributed by atoms with Crippen LogP contribution in [0.25, 0.3) is 0 Å². The van der Waals surface area contributed by atoms with Crippen LogP contribution < -0.4 is 10.6 Å². The summed E-state index contributed by atoms with van der Waals surface area (Å²) in [4.78, 5) is 56.9. The molecule has 47 heavy (non-hydrogen) atoms. The normalized spacial score (nSPS) is 13.7. The Balaban J connectivity index is 2.43. The van der Waals surface area contributed by atoms with Crippen molar-refractivity contribution in [1.29, 1.82) is 0 Å². The SMILES string of the molecule is CCNC(=O)[C@H](Cc1ccc(O)c(C(C)(C)C)c1)NC(=O)[C@H](C(C)C)N(C)C(=O)[C@H](Cc1ccc(F)cc1)N(C)C(=O)OC(C)(C)C. The van der Waals surface area contributed by atoms with E-state index in [-0.39, 0.29) is 35.8 Å². The lowest BCUT2D eigenvalue weighted by Gasteiger charge is -2.37. The van der Waals surface area contributed by atoms with Gasteiger partial charge in [-0.1, -0.05) is 58.9 Å². The van der Waals surface area contributed by atoms with Crippen LogP contribution >= 0.6 is 0 Å². The summed E-state index contributed by atoms with van der Waals surface area (Å²) in [6.45, 7) is 16.8. The summed E-state index contributed by atoms with van der Waals surface area (Å²) in [7, 11) is 2.94. The van der Waals surface area contributed by atoms with Gasteiger partial charge >= 0.3 is 6.09 Å². The number of ether oxygens (including phenoxy) is 1. The van der Waals surface area contributed by atoms with Crippen LogP contribution in [0.3, 0.4) is 0 Å². The summed E-state index contributed by atoms with van der Waals surface area (Å²) in [5.74, 6) is -2.12. The third kappa shape index (κ3) is 11.3. The van der Waals surface area contributed by atoms with Gasteiger partial charge in [0.15, 0.2) is 0 Å². The molecule has 0 aliphatic carbocycles. The molecule has 3 N–H and O–H groups in total. The van der Waals surface area contributed by atoms with Crippen molar-refractivity contribution >= 4 is 23.8 Å². The zero-order chi connectivity index (χ0) is 35.9. The molecule has 4 amide bonds. The van der Waals surface area contributed by atoms with E-state index in [1.54, 1.807) is 53.7 Å². The Labute approximate surface area is 279 Å². The van der Waals surface area contributed by atoms with Gasteiger partial charge in [0.05, 0.1) is 0 Å². The highest BCUT2D eigenvalue weighted by atomic mass is 19.1. The zero-order valence-electron chi connectivity index (χ0n) is 29.7. The number of aromatic hydroxyl groups is 1. The molecule has 11 heteroatoms. The maximum absolute atomic E-state index is 14.2. The largest absolute Gasteiger partial charge is 0.508 e. The van der Waals surface area contributed by atoms with Crippen molar-refractivity contribution in [3.05, 3.63) is 65.0 Å². The third-order valence-electron chi connectivity index (χ3n) is 7.73. The number of hydrogen-bond acceptors (Lipinski definition) is 6. The van der Waals surface area contributed by atoms with Gasteiger partial charge in [-0.15, -0.1) is 0 Å². The summed E-state index contributed by atoms with van der Waals surface area (Å²) in [5, 5.41) is 16.1. The van der Waals surface area contributed by atoms with Crippen molar-refractivity contribution in [3.8, 4) is 5.75 Å². The number of carbonyl (C=O) groups excluding carboxylic acids is 4. The lowest BCUT2D eigenvalue weighted by atomic mass is 9.84. The molecule has 0 saturated heterocycles. The number of nitrogens with zero attached hydrogens (tertiary/aromatic N) is 2. The molecule has 2 aromatic rings. The minimum Gasteiger partial charge on any atom is -0.508 e. The van der Waals surface area contributed by atoms with E-state index in [1.165, 1.54) is 48.2 Å². The standard InChI is InChI=1S/C36H53FN4O6/c1-12-38-31(43)27(20-24-15-18-29(42)26(19-24)35(4,5)6)39-32(44)30(22(2)3)41(11)33(45)28(21-23-13-16-25(37)17-14-23)40(10)34(46)47-36(7,8)9/h13-19,22,27-28,30,42H,12,20-21H2,1-11H3,(H,38,43)(H,39,44)/t27-,28-,30-/m0/s1. The fourth-order valence-corrected chi connectivity index (χ4v) is 5.30. The first-order valence-corrected chi connectivity index (χ1v) is 16.0. The molecule has 2 rings (SSSR count). The van der Waals surface area contributed by atoms with Gasteiger partial charge < -0.3 is 25.4 Å². The summed E-state index contributed by atoms with van der Waals surface area (Å²) in [5.41, 5.74) is 0.892. The monoisotopic (exact) mass is 656 g/mol. The maximum Gasteiger partial charge on any atom is 0.410 e. The summed E-state index contributed by atoms with van der Waals surface area (Å²) in [6, 6.07) is 7.70. The van der Waals surface area contributed by atoms with Crippen LogP contribution in [0.5, 0.6) is 5.75 Å². The average Bonchev–Trinajstić information content (AvgIpc) is 2.95. The van der Waals surface area contributed by atoms with E-state index in [9.17, 15) is 28.7 Å². The van der Waals surface area contributed by atoms with Crippen molar-refractivity contribution in [3.63, 3.8) is 0 Å². The Kier molecular flexibility index (Phi) is 13.4. The molecule has 0 bridgehead atoms. The molecule has 0 radical (unpaired) electrons. The Morgan fingerprint density at radius 2 is 1.45 bits per heavy atom. The van der Waals surface area contributed by atoms with E-state index in [0.717, 1.165) is 5.56 Å². The van der Waals surface area contributed by atoms with E-state index in [0.29, 0.717) is 17.7 Å². The van der Waals surface area contributed by atoms with Gasteiger partial charge in [-0.25, -0.2) is 9.18 Å². The van der Waals surface area contributed by atoms with Crippen molar-refractivity contribution in [2.75, 3.05) is 20.6 Å². The molecule has 0 saturated carbocycles. The maximum atomic E-state index is 14.2. The zero-order valence-corrected chi connectivity index (χ0v) is 29.7. The van der Waals surface area contributed by atoms with Gasteiger partial charge in [0, 0.05) is 33.5 Å². The minimum absolute atomic E-state index is 0.0458. The molecule has 0 aromatic heterocycles. The number of amides is 4. The minimum atomic E-state index is -1.08. The number of nitrogens with one attached hydrogen (secondary N) is 2. The lowest BCUT2D eigenvalue weighted by molar-refractivity contribution is -0.144. The van der Waals surface area contributed by atoms with Crippen LogP contribution in [0.15, 0.2) is 42.5 Å². The van der Waals surface area contributed by atoms with Crippen LogP contribution in [0.4, 0.5) is 9.18 Å². The number of benzene rings is 2. The van der Waals surface area contributed by atoms with Crippen molar-refractivity contribution in [2.45, 2.75) is 104 Å². The quantitative estimate of drug-likeness (QED) is 0.297. The molecule has 0 aliphatic rings. The molecule has 0 aliphatic heterocycles. The van der Waals surface area contributed by atoms with Gasteiger partial charge in [0.2, 0.25) is 17.7 Å². The number of phenolic OH excluding ortho intramolecular Hbond substituents is 1. The number of rotatable bonds is 12. The molecule has 0 heterocycles. The lowest BCUT2D eigenvalue weighted by Crippen LogP contribution is -2.59. The number of likely N-dealkylation sites (N-methyl/N-ethyl adjacent to an activating group) is 3. The second-order valence-electron chi connectivity index (χ2n) is 14.3. The molecular weight excluding hydrogens is 603 g/mol. The topological polar surface area (TPSA) is 128 Å². The van der Waals surface area contributed by atoms with Crippen LogP contribution in [0.2, 0.25) is 0 Å². The molecule has 260 valence electrons. The van der Waals surface area contributed by atoms with E-state index in [4.69, 9.17) is 4.74 Å². The first-order chi connectivity index (χ1) is 21.7. The summed E-state index contributed by atoms with van der Waals surface area (Å²) in [6.07, 6.45) is -0.529. The fraction of sp³-hybridized carbons (Fsp3) is 0.556. The molecule has 0 spiro atoms. The van der Waals surface area contributed by atoms with E-state index in [1.807, 2.05) is 26.8 Å². The molecule has 3 atom stereocenters. The fourth-order valence-electron chi connectivity index (χ4n) is 5.30. The Hall–Kier alpha value is -4.15. The first kappa shape index (κ1) is 39.0. The molecule has 0 fully saturated rings. The van der Waals surface area contributed by atoms with Gasteiger partial charge in [0.25, 0.3) is 0 Å². The Morgan fingerprint density at radius 3 is 1.96 bits per heavy atom. The van der Waals surface area contributed by atoms with Gasteiger partial charge in [-0.3, -0.25) is 19.3 Å². The van der Waals surface area contributed by atoms with Crippen LogP contribution in [0.1, 0.15) is 79.0 Å². The number of carbonyl (C=O) groups is 4. The van der Waals surface area contributed by atoms with Crippen molar-refractivity contribution in [1.82, 2.24) is 20.4 Å². The predicted octanol–water partition coefficient (Wildman–Crippen LogP) is 4.95. The van der Waals surface area contributed by atoms with Gasteiger partial charge in [-0.2, -0.15) is 0 Å². The van der Waals surface area contributed by atoms with Gasteiger partial charge in [0.1, 0.15) is 35.3 Å². The Bertz CT molecular complexity index is 1400. The number of halogens is 1. The van der Waals surface area contributed by atoms with Crippen molar-refractivity contribution in [2.24, 2.45) is 5.92 Å². The summed E-state index contributed by atoms with van der Waals surface area (Å²) < 4.78 is 19.2. The first-order valence-electron chi connectivity index (χ1n) is 16.0. The average molecular weight is 657 g/mol. The van der Waals surface area contributed by atoms with Crippen LogP contribution in [0, 0.1) is 11.7 Å². The van der Waals surface area contributed by atoms with Crippen LogP contribution in [-0.4, -0.2) is 83.1 Å². The van der Waals surface area contributed by atoms with Gasteiger partial charge in [-0.05, 0) is 73.9 Å². The van der Waals surface area contributed by atoms with Crippen molar-refractivity contribution < 1.29 is 33.4 Å².